The highest BCUT2D eigenvalue weighted by molar-refractivity contribution is 7.46. The summed E-state index contributed by atoms with van der Waals surface area (Å²) in [6, 6.07) is 0. The van der Waals surface area contributed by atoms with E-state index in [0.717, 1.165) is 51.4 Å². The Labute approximate surface area is 269 Å². The van der Waals surface area contributed by atoms with Crippen LogP contribution in [0, 0.1) is 0 Å². The first-order valence-corrected chi connectivity index (χ1v) is 19.5. The average molecular weight is 647 g/mol. The minimum absolute atomic E-state index is 0.214. The zero-order chi connectivity index (χ0) is 32.6. The molecule has 0 spiro atoms. The van der Waals surface area contributed by atoms with Gasteiger partial charge in [-0.3, -0.25) is 14.1 Å². The van der Waals surface area contributed by atoms with E-state index in [-0.39, 0.29) is 19.4 Å². The van der Waals surface area contributed by atoms with E-state index in [1.54, 1.807) is 0 Å². The summed E-state index contributed by atoms with van der Waals surface area (Å²) < 4.78 is 26.2. The molecule has 0 saturated heterocycles. The maximum atomic E-state index is 12.3. The fourth-order valence-electron chi connectivity index (χ4n) is 5.07. The largest absolute Gasteiger partial charge is 0.469 e. The molecule has 44 heavy (non-hydrogen) atoms. The number of hydrogen-bond donors (Lipinski definition) is 2. The number of carbonyl (C=O) groups is 2. The van der Waals surface area contributed by atoms with Gasteiger partial charge in [0.15, 0.2) is 6.10 Å². The van der Waals surface area contributed by atoms with Gasteiger partial charge in [-0.2, -0.15) is 0 Å². The zero-order valence-electron chi connectivity index (χ0n) is 28.3. The smallest absolute Gasteiger partial charge is 0.462 e. The van der Waals surface area contributed by atoms with Gasteiger partial charge in [-0.15, -0.1) is 0 Å². The molecule has 0 radical (unpaired) electrons. The molecule has 0 heterocycles. The quantitative estimate of drug-likeness (QED) is 0.0313. The van der Waals surface area contributed by atoms with Crippen LogP contribution in [0.4, 0.5) is 0 Å². The molecule has 1 atom stereocenters. The van der Waals surface area contributed by atoms with Crippen LogP contribution >= 0.6 is 7.82 Å². The fourth-order valence-corrected chi connectivity index (χ4v) is 5.43. The van der Waals surface area contributed by atoms with E-state index in [0.29, 0.717) is 6.42 Å². The summed E-state index contributed by atoms with van der Waals surface area (Å²) in [7, 11) is -4.74. The minimum Gasteiger partial charge on any atom is -0.462 e. The van der Waals surface area contributed by atoms with E-state index < -0.39 is 32.5 Å². The van der Waals surface area contributed by atoms with Crippen LogP contribution in [-0.4, -0.2) is 41.0 Å². The van der Waals surface area contributed by atoms with E-state index in [9.17, 15) is 14.2 Å². The number of hydrogen-bond acceptors (Lipinski definition) is 6. The van der Waals surface area contributed by atoms with Gasteiger partial charge in [-0.05, 0) is 38.5 Å². The van der Waals surface area contributed by atoms with Crippen molar-refractivity contribution in [2.45, 2.75) is 187 Å². The number of phosphoric ester groups is 1. The Morgan fingerprint density at radius 2 is 0.955 bits per heavy atom. The van der Waals surface area contributed by atoms with E-state index in [4.69, 9.17) is 19.3 Å². The Bertz CT molecular complexity index is 736. The van der Waals surface area contributed by atoms with Gasteiger partial charge in [-0.1, -0.05) is 142 Å². The maximum absolute atomic E-state index is 12.3. The number of phosphoric acid groups is 1. The molecule has 0 aromatic heterocycles. The van der Waals surface area contributed by atoms with Crippen molar-refractivity contribution in [3.8, 4) is 0 Å². The van der Waals surface area contributed by atoms with Crippen LogP contribution in [0.15, 0.2) is 12.2 Å². The standard InChI is InChI=1S/C35H67O8P/c1-3-5-7-9-11-13-14-15-16-17-18-19-20-22-23-25-27-29-34(36)41-31-33(32-42-44(38,39)40)43-35(37)30-28-26-24-21-12-10-8-6-4-2/h15-16,33H,3-14,17-32H2,1-2H3,(H2,38,39,40)/b16-15+/t33-/m1/s1. The second-order valence-corrected chi connectivity index (χ2v) is 13.4. The Hall–Kier alpha value is -1.21. The number of rotatable bonds is 33. The Balaban J connectivity index is 3.92. The number of unbranched alkanes of at least 4 members (excludes halogenated alkanes) is 21. The maximum Gasteiger partial charge on any atom is 0.469 e. The van der Waals surface area contributed by atoms with Crippen LogP contribution in [0.25, 0.3) is 0 Å². The van der Waals surface area contributed by atoms with E-state index >= 15 is 0 Å². The summed E-state index contributed by atoms with van der Waals surface area (Å²) in [5.41, 5.74) is 0. The van der Waals surface area contributed by atoms with E-state index in [1.807, 2.05) is 0 Å². The molecule has 0 aromatic rings. The molecule has 0 aliphatic carbocycles. The van der Waals surface area contributed by atoms with Crippen molar-refractivity contribution in [2.75, 3.05) is 13.2 Å². The highest BCUT2D eigenvalue weighted by Crippen LogP contribution is 2.36. The van der Waals surface area contributed by atoms with Crippen LogP contribution in [0.1, 0.15) is 181 Å². The van der Waals surface area contributed by atoms with Crippen molar-refractivity contribution in [1.29, 1.82) is 0 Å². The zero-order valence-corrected chi connectivity index (χ0v) is 29.2. The van der Waals surface area contributed by atoms with Crippen molar-refractivity contribution in [2.24, 2.45) is 0 Å². The monoisotopic (exact) mass is 646 g/mol. The van der Waals surface area contributed by atoms with Crippen LogP contribution in [0.2, 0.25) is 0 Å². The Morgan fingerprint density at radius 1 is 0.568 bits per heavy atom. The summed E-state index contributed by atoms with van der Waals surface area (Å²) in [5.74, 6) is -0.888. The Kier molecular flexibility index (Phi) is 30.9. The lowest BCUT2D eigenvalue weighted by molar-refractivity contribution is -0.161. The Morgan fingerprint density at radius 3 is 1.39 bits per heavy atom. The molecule has 0 fully saturated rings. The van der Waals surface area contributed by atoms with Crippen LogP contribution < -0.4 is 0 Å². The topological polar surface area (TPSA) is 119 Å². The predicted molar refractivity (Wildman–Crippen MR) is 179 cm³/mol. The lowest BCUT2D eigenvalue weighted by atomic mass is 10.1. The molecule has 0 saturated carbocycles. The summed E-state index contributed by atoms with van der Waals surface area (Å²) >= 11 is 0. The van der Waals surface area contributed by atoms with Crippen LogP contribution in [0.3, 0.4) is 0 Å². The van der Waals surface area contributed by atoms with Gasteiger partial charge >= 0.3 is 19.8 Å². The third-order valence-electron chi connectivity index (χ3n) is 7.78. The molecule has 0 aromatic carbocycles. The third-order valence-corrected chi connectivity index (χ3v) is 8.27. The molecule has 8 nitrogen and oxygen atoms in total. The van der Waals surface area contributed by atoms with E-state index in [1.165, 1.54) is 96.3 Å². The SMILES string of the molecule is CCCCCCCC/C=C/CCCCCCCCCC(=O)OC[C@H](COP(=O)(O)O)OC(=O)CCCCCCCCCCC. The molecule has 0 unspecified atom stereocenters. The number of esters is 2. The molecule has 0 aliphatic heterocycles. The molecule has 0 bridgehead atoms. The lowest BCUT2D eigenvalue weighted by Gasteiger charge is -2.18. The molecule has 0 amide bonds. The van der Waals surface area contributed by atoms with Gasteiger partial charge in [0, 0.05) is 12.8 Å². The summed E-state index contributed by atoms with van der Waals surface area (Å²) in [6.07, 6.45) is 32.3. The van der Waals surface area contributed by atoms with Crippen LogP contribution in [-0.2, 0) is 28.2 Å². The second-order valence-electron chi connectivity index (χ2n) is 12.2. The lowest BCUT2D eigenvalue weighted by Crippen LogP contribution is -2.29. The van der Waals surface area contributed by atoms with Crippen molar-refractivity contribution in [3.63, 3.8) is 0 Å². The van der Waals surface area contributed by atoms with Crippen molar-refractivity contribution >= 4 is 19.8 Å². The predicted octanol–water partition coefficient (Wildman–Crippen LogP) is 10.3. The minimum atomic E-state index is -4.74. The number of allylic oxidation sites excluding steroid dienone is 2. The summed E-state index contributed by atoms with van der Waals surface area (Å²) in [6.45, 7) is 3.64. The van der Waals surface area contributed by atoms with Gasteiger partial charge < -0.3 is 19.3 Å². The van der Waals surface area contributed by atoms with E-state index in [2.05, 4.69) is 30.5 Å². The first-order chi connectivity index (χ1) is 21.3. The van der Waals surface area contributed by atoms with Gasteiger partial charge in [-0.25, -0.2) is 4.57 Å². The number of carbonyl (C=O) groups excluding carboxylic acids is 2. The van der Waals surface area contributed by atoms with Gasteiger partial charge in [0.2, 0.25) is 0 Å². The van der Waals surface area contributed by atoms with Gasteiger partial charge in [0.25, 0.3) is 0 Å². The first kappa shape index (κ1) is 42.8. The molecule has 0 rings (SSSR count). The van der Waals surface area contributed by atoms with Crippen molar-refractivity contribution in [1.82, 2.24) is 0 Å². The van der Waals surface area contributed by atoms with Gasteiger partial charge in [0.05, 0.1) is 6.61 Å². The highest BCUT2D eigenvalue weighted by atomic mass is 31.2. The van der Waals surface area contributed by atoms with Gasteiger partial charge in [0.1, 0.15) is 6.61 Å². The highest BCUT2D eigenvalue weighted by Gasteiger charge is 2.22. The fraction of sp³-hybridized carbons (Fsp3) is 0.886. The first-order valence-electron chi connectivity index (χ1n) is 18.0. The molecular formula is C35H67O8P. The average Bonchev–Trinajstić information content (AvgIpc) is 2.98. The molecule has 9 heteroatoms. The molecule has 2 N–H and O–H groups in total. The molecule has 0 aliphatic rings. The third kappa shape index (κ3) is 33.7. The second kappa shape index (κ2) is 31.8. The van der Waals surface area contributed by atoms with Crippen molar-refractivity contribution < 1.29 is 37.9 Å². The molecule has 260 valence electrons. The number of ether oxygens (including phenoxy) is 2. The summed E-state index contributed by atoms with van der Waals surface area (Å²) in [5, 5.41) is 0. The van der Waals surface area contributed by atoms with Crippen molar-refractivity contribution in [3.05, 3.63) is 12.2 Å². The normalized spacial score (nSPS) is 12.5. The summed E-state index contributed by atoms with van der Waals surface area (Å²) in [4.78, 5) is 42.5. The van der Waals surface area contributed by atoms with Crippen LogP contribution in [0.5, 0.6) is 0 Å². The molecular weight excluding hydrogens is 579 g/mol.